The summed E-state index contributed by atoms with van der Waals surface area (Å²) in [5, 5.41) is 6.21. The van der Waals surface area contributed by atoms with Crippen LogP contribution in [0.25, 0.3) is 0 Å². The molecule has 1 amide bonds. The van der Waals surface area contributed by atoms with Crippen LogP contribution >= 0.6 is 11.6 Å². The topological polar surface area (TPSA) is 57.3 Å². The number of hydrogen-bond donors (Lipinski definition) is 2. The molecule has 26 heavy (non-hydrogen) atoms. The Kier molecular flexibility index (Phi) is 4.68. The Hall–Kier alpha value is -2.16. The van der Waals surface area contributed by atoms with Gasteiger partial charge in [-0.2, -0.15) is 13.2 Å². The smallest absolute Gasteiger partial charge is 0.298 e. The van der Waals surface area contributed by atoms with Crippen molar-refractivity contribution >= 4 is 29.0 Å². The molecule has 138 valence electrons. The number of nitrogens with zero attached hydrogens (tertiary/aromatic N) is 2. The quantitative estimate of drug-likeness (QED) is 0.796. The third-order valence-electron chi connectivity index (χ3n) is 4.45. The first kappa shape index (κ1) is 18.6. The van der Waals surface area contributed by atoms with Crippen LogP contribution in [0.2, 0.25) is 5.02 Å². The second-order valence-corrected chi connectivity index (χ2v) is 6.24. The highest BCUT2D eigenvalue weighted by molar-refractivity contribution is 6.34. The zero-order valence-electron chi connectivity index (χ0n) is 14.0. The van der Waals surface area contributed by atoms with Gasteiger partial charge < -0.3 is 0 Å². The fourth-order valence-electron chi connectivity index (χ4n) is 3.08. The molecule has 2 aromatic rings. The molecule has 0 radical (unpaired) electrons. The molecule has 0 bridgehead atoms. The minimum Gasteiger partial charge on any atom is -0.298 e. The zero-order chi connectivity index (χ0) is 19.1. The predicted molar refractivity (Wildman–Crippen MR) is 92.3 cm³/mol. The lowest BCUT2D eigenvalue weighted by molar-refractivity contribution is -0.141. The number of alkyl halides is 3. The standard InChI is InChI=1S/C17H16ClF3N4O/c1-22-16(23-2)9-14(26)25(12-6-4-3-5-11(12)18)15-10(16)7-8-13(24-15)17(19,20)21/h3-8,22-23H,9H2,1-2H3. The fraction of sp³-hybridized carbons (Fsp3) is 0.294. The predicted octanol–water partition coefficient (Wildman–Crippen LogP) is 3.41. The highest BCUT2D eigenvalue weighted by Gasteiger charge is 2.45. The number of carbonyl (C=O) groups is 1. The Bertz CT molecular complexity index is 852. The van der Waals surface area contributed by atoms with Crippen molar-refractivity contribution in [2.45, 2.75) is 18.3 Å². The average molecular weight is 385 g/mol. The van der Waals surface area contributed by atoms with Gasteiger partial charge in [-0.05, 0) is 38.4 Å². The Morgan fingerprint density at radius 3 is 2.38 bits per heavy atom. The largest absolute Gasteiger partial charge is 0.433 e. The summed E-state index contributed by atoms with van der Waals surface area (Å²) in [6.07, 6.45) is -4.66. The van der Waals surface area contributed by atoms with Crippen LogP contribution < -0.4 is 15.5 Å². The van der Waals surface area contributed by atoms with E-state index >= 15 is 0 Å². The molecule has 9 heteroatoms. The second kappa shape index (κ2) is 6.53. The van der Waals surface area contributed by atoms with Gasteiger partial charge in [-0.1, -0.05) is 23.7 Å². The van der Waals surface area contributed by atoms with Crippen LogP contribution in [0.1, 0.15) is 17.7 Å². The third-order valence-corrected chi connectivity index (χ3v) is 4.77. The molecular formula is C17H16ClF3N4O. The van der Waals surface area contributed by atoms with Crippen molar-refractivity contribution in [3.05, 3.63) is 52.7 Å². The minimum atomic E-state index is -4.64. The molecular weight excluding hydrogens is 369 g/mol. The van der Waals surface area contributed by atoms with Crippen LogP contribution in [-0.4, -0.2) is 25.0 Å². The Labute approximate surface area is 153 Å². The molecule has 2 N–H and O–H groups in total. The fourth-order valence-corrected chi connectivity index (χ4v) is 3.30. The first-order valence-electron chi connectivity index (χ1n) is 7.77. The van der Waals surface area contributed by atoms with Gasteiger partial charge in [0.25, 0.3) is 0 Å². The average Bonchev–Trinajstić information content (AvgIpc) is 2.61. The molecule has 0 saturated heterocycles. The maximum Gasteiger partial charge on any atom is 0.433 e. The van der Waals surface area contributed by atoms with Crippen molar-refractivity contribution in [1.82, 2.24) is 15.6 Å². The summed E-state index contributed by atoms with van der Waals surface area (Å²) in [7, 11) is 3.24. The summed E-state index contributed by atoms with van der Waals surface area (Å²) in [6, 6.07) is 8.69. The van der Waals surface area contributed by atoms with Crippen LogP contribution in [0.3, 0.4) is 0 Å². The molecule has 1 aliphatic heterocycles. The number of halogens is 4. The van der Waals surface area contributed by atoms with Crippen LogP contribution in [-0.2, 0) is 16.6 Å². The number of nitrogens with one attached hydrogen (secondary N) is 2. The van der Waals surface area contributed by atoms with Gasteiger partial charge in [0, 0.05) is 5.56 Å². The molecule has 3 rings (SSSR count). The van der Waals surface area contributed by atoms with Crippen molar-refractivity contribution in [2.75, 3.05) is 19.0 Å². The summed E-state index contributed by atoms with van der Waals surface area (Å²) < 4.78 is 39.6. The first-order valence-corrected chi connectivity index (χ1v) is 8.15. The van der Waals surface area contributed by atoms with Crippen LogP contribution in [0.4, 0.5) is 24.7 Å². The summed E-state index contributed by atoms with van der Waals surface area (Å²) in [6.45, 7) is 0. The molecule has 1 aliphatic rings. The van der Waals surface area contributed by atoms with Crippen LogP contribution in [0.5, 0.6) is 0 Å². The van der Waals surface area contributed by atoms with Gasteiger partial charge in [0.1, 0.15) is 17.2 Å². The summed E-state index contributed by atoms with van der Waals surface area (Å²) in [5.74, 6) is -0.533. The third kappa shape index (κ3) is 2.94. The number of carbonyl (C=O) groups excluding carboxylic acids is 1. The van der Waals surface area contributed by atoms with Gasteiger partial charge in [-0.3, -0.25) is 20.3 Å². The lowest BCUT2D eigenvalue weighted by Crippen LogP contribution is -2.57. The van der Waals surface area contributed by atoms with Gasteiger partial charge in [-0.15, -0.1) is 0 Å². The number of anilines is 2. The monoisotopic (exact) mass is 384 g/mol. The van der Waals surface area contributed by atoms with Gasteiger partial charge >= 0.3 is 6.18 Å². The molecule has 5 nitrogen and oxygen atoms in total. The van der Waals surface area contributed by atoms with Gasteiger partial charge in [0.15, 0.2) is 0 Å². The number of aromatic nitrogens is 1. The number of hydrogen-bond acceptors (Lipinski definition) is 4. The van der Waals surface area contributed by atoms with Crippen molar-refractivity contribution in [3.8, 4) is 0 Å². The molecule has 0 aliphatic carbocycles. The highest BCUT2D eigenvalue weighted by atomic mass is 35.5. The number of amides is 1. The molecule has 1 aromatic heterocycles. The summed E-state index contributed by atoms with van der Waals surface area (Å²) >= 11 is 6.18. The van der Waals surface area contributed by atoms with E-state index in [0.29, 0.717) is 5.56 Å². The van der Waals surface area contributed by atoms with E-state index in [4.69, 9.17) is 11.6 Å². The molecule has 0 atom stereocenters. The van der Waals surface area contributed by atoms with E-state index in [-0.39, 0.29) is 22.9 Å². The SMILES string of the molecule is CNC1(NC)CC(=O)N(c2ccccc2Cl)c2nc(C(F)(F)F)ccc21. The van der Waals surface area contributed by atoms with Crippen molar-refractivity contribution in [1.29, 1.82) is 0 Å². The van der Waals surface area contributed by atoms with E-state index in [1.54, 1.807) is 38.4 Å². The lowest BCUT2D eigenvalue weighted by Gasteiger charge is -2.42. The summed E-state index contributed by atoms with van der Waals surface area (Å²) in [4.78, 5) is 17.8. The van der Waals surface area contributed by atoms with E-state index in [0.717, 1.165) is 11.0 Å². The molecule has 0 saturated carbocycles. The van der Waals surface area contributed by atoms with Gasteiger partial charge in [-0.25, -0.2) is 4.98 Å². The number of rotatable bonds is 3. The Morgan fingerprint density at radius 1 is 1.15 bits per heavy atom. The van der Waals surface area contributed by atoms with E-state index in [2.05, 4.69) is 15.6 Å². The maximum absolute atomic E-state index is 13.2. The highest BCUT2D eigenvalue weighted by Crippen LogP contribution is 2.43. The Morgan fingerprint density at radius 2 is 1.81 bits per heavy atom. The second-order valence-electron chi connectivity index (χ2n) is 5.83. The normalized spacial score (nSPS) is 16.5. The summed E-state index contributed by atoms with van der Waals surface area (Å²) in [5.41, 5.74) is -1.39. The molecule has 1 aromatic carbocycles. The van der Waals surface area contributed by atoms with Crippen LogP contribution in [0.15, 0.2) is 36.4 Å². The number of benzene rings is 1. The Balaban J connectivity index is 2.29. The number of pyridine rings is 1. The van der Waals surface area contributed by atoms with Gasteiger partial charge in [0.05, 0.1) is 17.1 Å². The van der Waals surface area contributed by atoms with Gasteiger partial charge in [0.2, 0.25) is 5.91 Å². The minimum absolute atomic E-state index is 0.0226. The zero-order valence-corrected chi connectivity index (χ0v) is 14.7. The van der Waals surface area contributed by atoms with E-state index in [9.17, 15) is 18.0 Å². The van der Waals surface area contributed by atoms with E-state index in [1.165, 1.54) is 6.07 Å². The van der Waals surface area contributed by atoms with Crippen molar-refractivity contribution < 1.29 is 18.0 Å². The van der Waals surface area contributed by atoms with Crippen LogP contribution in [0, 0.1) is 0 Å². The molecule has 0 spiro atoms. The molecule has 2 heterocycles. The maximum atomic E-state index is 13.2. The van der Waals surface area contributed by atoms with Crippen molar-refractivity contribution in [2.24, 2.45) is 0 Å². The van der Waals surface area contributed by atoms with Crippen molar-refractivity contribution in [3.63, 3.8) is 0 Å². The molecule has 0 unspecified atom stereocenters. The number of fused-ring (bicyclic) bond motifs is 1. The van der Waals surface area contributed by atoms with E-state index < -0.39 is 23.4 Å². The molecule has 0 fully saturated rings. The lowest BCUT2D eigenvalue weighted by atomic mass is 9.90. The number of para-hydroxylation sites is 1. The van der Waals surface area contributed by atoms with E-state index in [1.807, 2.05) is 0 Å². The first-order chi connectivity index (χ1) is 12.2.